The van der Waals surface area contributed by atoms with Crippen molar-refractivity contribution in [2.45, 2.75) is 19.9 Å². The van der Waals surface area contributed by atoms with Crippen molar-refractivity contribution in [2.75, 3.05) is 7.05 Å². The Hall–Kier alpha value is -1.28. The van der Waals surface area contributed by atoms with Gasteiger partial charge >= 0.3 is 0 Å². The van der Waals surface area contributed by atoms with E-state index in [0.29, 0.717) is 26.8 Å². The topological polar surface area (TPSA) is 68.5 Å². The Morgan fingerprint density at radius 2 is 1.95 bits per heavy atom. The number of fused-ring (bicyclic) bond motifs is 1. The van der Waals surface area contributed by atoms with Crippen LogP contribution in [0.2, 0.25) is 10.0 Å². The van der Waals surface area contributed by atoms with Crippen LogP contribution in [-0.2, 0) is 0 Å². The Kier molecular flexibility index (Phi) is 3.83. The van der Waals surface area contributed by atoms with Crippen molar-refractivity contribution in [2.24, 2.45) is 0 Å². The third-order valence-electron chi connectivity index (χ3n) is 3.40. The zero-order valence-electron chi connectivity index (χ0n) is 11.6. The zero-order valence-corrected chi connectivity index (χ0v) is 13.9. The molecule has 1 N–H and O–H groups in total. The van der Waals surface area contributed by atoms with Gasteiger partial charge in [0.05, 0.1) is 33.5 Å². The van der Waals surface area contributed by atoms with E-state index in [-0.39, 0.29) is 6.04 Å². The lowest BCUT2D eigenvalue weighted by Crippen LogP contribution is -2.14. The lowest BCUT2D eigenvalue weighted by atomic mass is 10.2. The van der Waals surface area contributed by atoms with Gasteiger partial charge in [-0.1, -0.05) is 28.4 Å². The largest absolute Gasteiger partial charge is 0.312 e. The van der Waals surface area contributed by atoms with Crippen molar-refractivity contribution in [1.29, 1.82) is 0 Å². The first-order valence-corrected chi connectivity index (χ1v) is 7.73. The summed E-state index contributed by atoms with van der Waals surface area (Å²) in [6.07, 6.45) is 0. The van der Waals surface area contributed by atoms with Gasteiger partial charge in [-0.2, -0.15) is 8.75 Å². The number of nitrogens with one attached hydrogen (secondary N) is 1. The van der Waals surface area contributed by atoms with Crippen molar-refractivity contribution in [3.63, 3.8) is 0 Å². The molecule has 0 aliphatic rings. The van der Waals surface area contributed by atoms with E-state index in [0.717, 1.165) is 23.1 Å². The van der Waals surface area contributed by atoms with E-state index in [9.17, 15) is 0 Å². The Morgan fingerprint density at radius 3 is 2.67 bits per heavy atom. The average molecular weight is 343 g/mol. The number of nitrogens with zero attached hydrogens (tertiary/aromatic N) is 5. The van der Waals surface area contributed by atoms with Crippen LogP contribution in [0, 0.1) is 6.92 Å². The molecular weight excluding hydrogens is 331 g/mol. The van der Waals surface area contributed by atoms with Gasteiger partial charge in [-0.05, 0) is 27.0 Å². The van der Waals surface area contributed by atoms with Gasteiger partial charge in [-0.3, -0.25) is 0 Å². The molecule has 2 heterocycles. The smallest absolute Gasteiger partial charge is 0.133 e. The number of rotatable bonds is 3. The number of hydrogen-bond acceptors (Lipinski definition) is 6. The molecular formula is C12H12Cl2N6S. The van der Waals surface area contributed by atoms with Crippen molar-refractivity contribution in [3.8, 4) is 5.69 Å². The first kappa shape index (κ1) is 14.6. The van der Waals surface area contributed by atoms with Crippen molar-refractivity contribution in [1.82, 2.24) is 29.1 Å². The fourth-order valence-electron chi connectivity index (χ4n) is 2.15. The van der Waals surface area contributed by atoms with E-state index in [1.165, 1.54) is 0 Å². The molecule has 0 amide bonds. The molecule has 0 aliphatic heterocycles. The summed E-state index contributed by atoms with van der Waals surface area (Å²) < 4.78 is 10.2. The molecule has 3 rings (SSSR count). The molecule has 1 atom stereocenters. The van der Waals surface area contributed by atoms with Crippen LogP contribution in [0.5, 0.6) is 0 Å². The predicted octanol–water partition coefficient (Wildman–Crippen LogP) is 3.17. The van der Waals surface area contributed by atoms with E-state index in [1.807, 2.05) is 20.9 Å². The van der Waals surface area contributed by atoms with Gasteiger partial charge in [0.2, 0.25) is 0 Å². The van der Waals surface area contributed by atoms with E-state index >= 15 is 0 Å². The molecule has 0 spiro atoms. The maximum atomic E-state index is 6.34. The summed E-state index contributed by atoms with van der Waals surface area (Å²) in [4.78, 5) is 0. The monoisotopic (exact) mass is 342 g/mol. The molecule has 9 heteroatoms. The second kappa shape index (κ2) is 5.49. The summed E-state index contributed by atoms with van der Waals surface area (Å²) in [7, 11) is 1.88. The fraction of sp³-hybridized carbons (Fsp3) is 0.333. The van der Waals surface area contributed by atoms with E-state index < -0.39 is 0 Å². The fourth-order valence-corrected chi connectivity index (χ4v) is 3.34. The normalized spacial score (nSPS) is 13.0. The molecule has 0 fully saturated rings. The summed E-state index contributed by atoms with van der Waals surface area (Å²) in [5.41, 5.74) is 3.67. The minimum absolute atomic E-state index is 0.0916. The zero-order chi connectivity index (χ0) is 15.1. The molecule has 6 nitrogen and oxygen atoms in total. The van der Waals surface area contributed by atoms with Crippen LogP contribution >= 0.6 is 34.9 Å². The Morgan fingerprint density at radius 1 is 1.24 bits per heavy atom. The molecule has 21 heavy (non-hydrogen) atoms. The summed E-state index contributed by atoms with van der Waals surface area (Å²) >= 11 is 13.6. The summed E-state index contributed by atoms with van der Waals surface area (Å²) in [5.74, 6) is 0. The Labute approximate surface area is 135 Å². The first-order valence-electron chi connectivity index (χ1n) is 6.24. The van der Waals surface area contributed by atoms with Crippen LogP contribution in [-0.4, -0.2) is 30.8 Å². The minimum atomic E-state index is 0.0916. The third kappa shape index (κ3) is 2.30. The summed E-state index contributed by atoms with van der Waals surface area (Å²) in [6, 6.07) is 1.75. The number of hydrogen-bond donors (Lipinski definition) is 1. The standard InChI is InChI=1S/C12H12Cl2N6S/c1-5(15-3)9-6(2)20(19-16-9)12-8(14)4-7(13)10-11(12)18-21-17-10/h4-5,15H,1-3H3. The van der Waals surface area contributed by atoms with E-state index in [2.05, 4.69) is 24.4 Å². The SMILES string of the molecule is CNC(C)c1nnn(-c2c(Cl)cc(Cl)c3nsnc23)c1C. The maximum Gasteiger partial charge on any atom is 0.133 e. The lowest BCUT2D eigenvalue weighted by Gasteiger charge is -2.10. The van der Waals surface area contributed by atoms with Crippen LogP contribution in [0.3, 0.4) is 0 Å². The number of aromatic nitrogens is 5. The van der Waals surface area contributed by atoms with Crippen LogP contribution in [0.15, 0.2) is 6.07 Å². The van der Waals surface area contributed by atoms with Crippen molar-refractivity contribution >= 4 is 46.0 Å². The molecule has 2 aromatic heterocycles. The molecule has 0 saturated carbocycles. The highest BCUT2D eigenvalue weighted by atomic mass is 35.5. The predicted molar refractivity (Wildman–Crippen MR) is 84.6 cm³/mol. The maximum absolute atomic E-state index is 6.34. The third-order valence-corrected chi connectivity index (χ3v) is 4.51. The lowest BCUT2D eigenvalue weighted by molar-refractivity contribution is 0.627. The minimum Gasteiger partial charge on any atom is -0.312 e. The van der Waals surface area contributed by atoms with Gasteiger partial charge in [0.25, 0.3) is 0 Å². The highest BCUT2D eigenvalue weighted by Crippen LogP contribution is 2.34. The molecule has 1 aromatic carbocycles. The molecule has 0 aliphatic carbocycles. The van der Waals surface area contributed by atoms with Crippen molar-refractivity contribution < 1.29 is 0 Å². The van der Waals surface area contributed by atoms with Gasteiger partial charge < -0.3 is 5.32 Å². The van der Waals surface area contributed by atoms with Crippen LogP contribution in [0.1, 0.15) is 24.4 Å². The molecule has 110 valence electrons. The number of benzene rings is 1. The van der Waals surface area contributed by atoms with E-state index in [1.54, 1.807) is 10.7 Å². The molecule has 0 radical (unpaired) electrons. The molecule has 0 saturated heterocycles. The number of halogens is 2. The highest BCUT2D eigenvalue weighted by molar-refractivity contribution is 7.00. The molecule has 3 aromatic rings. The van der Waals surface area contributed by atoms with Gasteiger partial charge in [-0.25, -0.2) is 4.68 Å². The second-order valence-electron chi connectivity index (χ2n) is 4.63. The quantitative estimate of drug-likeness (QED) is 0.791. The van der Waals surface area contributed by atoms with Crippen LogP contribution in [0.25, 0.3) is 16.7 Å². The first-order chi connectivity index (χ1) is 10.0. The van der Waals surface area contributed by atoms with E-state index in [4.69, 9.17) is 23.2 Å². The van der Waals surface area contributed by atoms with Gasteiger partial charge in [-0.15, -0.1) is 5.10 Å². The van der Waals surface area contributed by atoms with Gasteiger partial charge in [0.1, 0.15) is 22.4 Å². The van der Waals surface area contributed by atoms with Crippen LogP contribution < -0.4 is 5.32 Å². The average Bonchev–Trinajstić information content (AvgIpc) is 3.06. The summed E-state index contributed by atoms with van der Waals surface area (Å²) in [6.45, 7) is 3.96. The van der Waals surface area contributed by atoms with Gasteiger partial charge in [0, 0.05) is 0 Å². The highest BCUT2D eigenvalue weighted by Gasteiger charge is 2.21. The summed E-state index contributed by atoms with van der Waals surface area (Å²) in [5, 5.41) is 12.5. The Balaban J connectivity index is 2.26. The second-order valence-corrected chi connectivity index (χ2v) is 5.98. The van der Waals surface area contributed by atoms with Gasteiger partial charge in [0.15, 0.2) is 0 Å². The Bertz CT molecular complexity index is 812. The van der Waals surface area contributed by atoms with Crippen LogP contribution in [0.4, 0.5) is 0 Å². The van der Waals surface area contributed by atoms with Crippen molar-refractivity contribution in [3.05, 3.63) is 27.5 Å². The molecule has 0 bridgehead atoms. The molecule has 1 unspecified atom stereocenters.